The molecule has 0 N–H and O–H groups in total. The molecular weight excluding hydrogens is 146 g/mol. The topological polar surface area (TPSA) is 3.24 Å². The first-order valence-corrected chi connectivity index (χ1v) is 5.47. The molecule has 3 rings (SSSR count). The Balaban J connectivity index is 2.12. The summed E-state index contributed by atoms with van der Waals surface area (Å²) in [5.41, 5.74) is 0. The minimum atomic E-state index is 0.758. The summed E-state index contributed by atoms with van der Waals surface area (Å²) < 4.78 is 0. The van der Waals surface area contributed by atoms with Gasteiger partial charge in [-0.25, -0.2) is 0 Å². The van der Waals surface area contributed by atoms with Crippen molar-refractivity contribution in [3.63, 3.8) is 0 Å². The number of fused-ring (bicyclic) bond motifs is 3. The van der Waals surface area contributed by atoms with E-state index >= 15 is 0 Å². The van der Waals surface area contributed by atoms with Gasteiger partial charge in [-0.1, -0.05) is 0 Å². The Kier molecular flexibility index (Phi) is 2.16. The van der Waals surface area contributed by atoms with Crippen LogP contribution >= 0.6 is 0 Å². The molecule has 1 aliphatic carbocycles. The van der Waals surface area contributed by atoms with Crippen molar-refractivity contribution in [1.29, 1.82) is 0 Å². The monoisotopic (exact) mass is 167 g/mol. The van der Waals surface area contributed by atoms with Crippen LogP contribution in [0.3, 0.4) is 0 Å². The predicted octanol–water partition coefficient (Wildman–Crippen LogP) is 2.66. The van der Waals surface area contributed by atoms with Gasteiger partial charge in [0.15, 0.2) is 0 Å². The van der Waals surface area contributed by atoms with E-state index in [1.165, 1.54) is 25.7 Å². The van der Waals surface area contributed by atoms with Crippen LogP contribution in [0.1, 0.15) is 46.5 Å². The van der Waals surface area contributed by atoms with Crippen molar-refractivity contribution in [2.45, 2.75) is 64.6 Å². The van der Waals surface area contributed by atoms with Gasteiger partial charge in [-0.3, -0.25) is 4.90 Å². The summed E-state index contributed by atoms with van der Waals surface area (Å²) in [5.74, 6) is 1.01. The van der Waals surface area contributed by atoms with E-state index in [-0.39, 0.29) is 0 Å². The zero-order chi connectivity index (χ0) is 8.72. The Labute approximate surface area is 76.1 Å². The van der Waals surface area contributed by atoms with Gasteiger partial charge in [-0.05, 0) is 52.4 Å². The molecule has 2 saturated heterocycles. The van der Waals surface area contributed by atoms with E-state index in [1.54, 1.807) is 0 Å². The molecular formula is C11H21N. The first-order valence-electron chi connectivity index (χ1n) is 5.47. The van der Waals surface area contributed by atoms with E-state index < -0.39 is 0 Å². The van der Waals surface area contributed by atoms with Crippen molar-refractivity contribution in [1.82, 2.24) is 4.90 Å². The summed E-state index contributed by atoms with van der Waals surface area (Å²) in [4.78, 5) is 2.75. The van der Waals surface area contributed by atoms with Gasteiger partial charge in [0.2, 0.25) is 0 Å². The number of hydrogen-bond donors (Lipinski definition) is 0. The second-order valence-electron chi connectivity index (χ2n) is 4.85. The first-order chi connectivity index (χ1) is 5.70. The van der Waals surface area contributed by atoms with E-state index in [4.69, 9.17) is 0 Å². The van der Waals surface area contributed by atoms with Crippen LogP contribution in [0.5, 0.6) is 0 Å². The fourth-order valence-electron chi connectivity index (χ4n) is 3.35. The third-order valence-electron chi connectivity index (χ3n) is 3.91. The van der Waals surface area contributed by atoms with E-state index in [0.717, 1.165) is 24.0 Å². The van der Waals surface area contributed by atoms with E-state index in [1.807, 2.05) is 0 Å². The van der Waals surface area contributed by atoms with Crippen molar-refractivity contribution < 1.29 is 0 Å². The molecule has 12 heavy (non-hydrogen) atoms. The highest BCUT2D eigenvalue weighted by Gasteiger charge is 2.39. The Morgan fingerprint density at radius 2 is 1.67 bits per heavy atom. The van der Waals surface area contributed by atoms with Crippen LogP contribution in [0.2, 0.25) is 0 Å². The fourth-order valence-corrected chi connectivity index (χ4v) is 3.35. The zero-order valence-corrected chi connectivity index (χ0v) is 8.59. The smallest absolute Gasteiger partial charge is 0.0101 e. The minimum absolute atomic E-state index is 0.758. The van der Waals surface area contributed by atoms with Crippen LogP contribution in [-0.2, 0) is 0 Å². The Morgan fingerprint density at radius 1 is 1.08 bits per heavy atom. The summed E-state index contributed by atoms with van der Waals surface area (Å²) >= 11 is 0. The first kappa shape index (κ1) is 8.55. The molecule has 3 fully saturated rings. The van der Waals surface area contributed by atoms with Crippen molar-refractivity contribution in [2.24, 2.45) is 5.92 Å². The van der Waals surface area contributed by atoms with E-state index in [0.29, 0.717) is 0 Å². The van der Waals surface area contributed by atoms with Crippen LogP contribution < -0.4 is 0 Å². The predicted molar refractivity (Wildman–Crippen MR) is 52.2 cm³/mol. The quantitative estimate of drug-likeness (QED) is 0.580. The van der Waals surface area contributed by atoms with Crippen molar-refractivity contribution >= 4 is 0 Å². The number of nitrogens with zero attached hydrogens (tertiary/aromatic N) is 1. The molecule has 0 aromatic heterocycles. The average molecular weight is 167 g/mol. The molecule has 0 unspecified atom stereocenters. The Hall–Kier alpha value is -0.0400. The molecule has 2 bridgehead atoms. The Morgan fingerprint density at radius 3 is 2.00 bits per heavy atom. The molecule has 0 spiro atoms. The zero-order valence-electron chi connectivity index (χ0n) is 8.59. The van der Waals surface area contributed by atoms with Gasteiger partial charge in [0.05, 0.1) is 0 Å². The molecule has 1 nitrogen and oxygen atoms in total. The standard InChI is InChI=1S/C11H21N/c1-8(2)12-9(3)10-4-6-11(12)7-5-10/h8-11H,4-7H2,1-3H3/t9-,10-,11+/m1/s1. The van der Waals surface area contributed by atoms with Crippen LogP contribution in [0.4, 0.5) is 0 Å². The molecule has 0 amide bonds. The molecule has 0 radical (unpaired) electrons. The molecule has 1 saturated carbocycles. The third-order valence-corrected chi connectivity index (χ3v) is 3.91. The number of hydrogen-bond acceptors (Lipinski definition) is 1. The highest BCUT2D eigenvalue weighted by Crippen LogP contribution is 2.40. The van der Waals surface area contributed by atoms with Gasteiger partial charge in [0.25, 0.3) is 0 Å². The summed E-state index contributed by atoms with van der Waals surface area (Å²) in [6.07, 6.45) is 5.92. The molecule has 2 heterocycles. The van der Waals surface area contributed by atoms with Crippen molar-refractivity contribution in [3.8, 4) is 0 Å². The third kappa shape index (κ3) is 1.19. The lowest BCUT2D eigenvalue weighted by atomic mass is 9.74. The molecule has 1 atom stereocenters. The maximum Gasteiger partial charge on any atom is 0.0101 e. The lowest BCUT2D eigenvalue weighted by molar-refractivity contribution is -0.0249. The van der Waals surface area contributed by atoms with Gasteiger partial charge in [-0.2, -0.15) is 0 Å². The van der Waals surface area contributed by atoms with Crippen LogP contribution in [0.15, 0.2) is 0 Å². The highest BCUT2D eigenvalue weighted by atomic mass is 15.2. The molecule has 1 heteroatoms. The molecule has 0 aromatic carbocycles. The Bertz CT molecular complexity index is 154. The lowest BCUT2D eigenvalue weighted by Gasteiger charge is -2.52. The lowest BCUT2D eigenvalue weighted by Crippen LogP contribution is -2.56. The molecule has 3 aliphatic rings. The van der Waals surface area contributed by atoms with E-state index in [2.05, 4.69) is 25.7 Å². The normalized spacial score (nSPS) is 42.5. The SMILES string of the molecule is CC(C)N1[C@H]2CC[C@H](CC2)[C@H]1C. The van der Waals surface area contributed by atoms with Crippen molar-refractivity contribution in [2.75, 3.05) is 0 Å². The number of piperidine rings is 2. The van der Waals surface area contributed by atoms with Crippen LogP contribution in [-0.4, -0.2) is 23.0 Å². The van der Waals surface area contributed by atoms with Gasteiger partial charge >= 0.3 is 0 Å². The summed E-state index contributed by atoms with van der Waals surface area (Å²) in [6.45, 7) is 7.12. The van der Waals surface area contributed by atoms with Crippen molar-refractivity contribution in [3.05, 3.63) is 0 Å². The van der Waals surface area contributed by atoms with Gasteiger partial charge in [0, 0.05) is 18.1 Å². The molecule has 2 aliphatic heterocycles. The maximum absolute atomic E-state index is 2.75. The van der Waals surface area contributed by atoms with E-state index in [9.17, 15) is 0 Å². The summed E-state index contributed by atoms with van der Waals surface area (Å²) in [6, 6.07) is 2.54. The maximum atomic E-state index is 2.75. The number of rotatable bonds is 1. The minimum Gasteiger partial charge on any atom is -0.295 e. The highest BCUT2D eigenvalue weighted by molar-refractivity contribution is 4.94. The molecule has 0 aromatic rings. The summed E-state index contributed by atoms with van der Waals surface area (Å²) in [7, 11) is 0. The fraction of sp³-hybridized carbons (Fsp3) is 1.00. The van der Waals surface area contributed by atoms with Gasteiger partial charge in [-0.15, -0.1) is 0 Å². The average Bonchev–Trinajstić information content (AvgIpc) is 2.05. The second kappa shape index (κ2) is 3.02. The van der Waals surface area contributed by atoms with Crippen LogP contribution in [0, 0.1) is 5.92 Å². The van der Waals surface area contributed by atoms with Crippen LogP contribution in [0.25, 0.3) is 0 Å². The second-order valence-corrected chi connectivity index (χ2v) is 4.85. The summed E-state index contributed by atoms with van der Waals surface area (Å²) in [5, 5.41) is 0. The van der Waals surface area contributed by atoms with Gasteiger partial charge in [0.1, 0.15) is 0 Å². The largest absolute Gasteiger partial charge is 0.295 e. The van der Waals surface area contributed by atoms with Gasteiger partial charge < -0.3 is 0 Å². The molecule has 70 valence electrons.